The maximum Gasteiger partial charge on any atom is 0.159 e. The summed E-state index contributed by atoms with van der Waals surface area (Å²) in [5.74, 6) is 5.49. The number of hydrogen-bond donors (Lipinski definition) is 0. The second kappa shape index (κ2) is 9.24. The molecule has 2 nitrogen and oxygen atoms in total. The zero-order valence-electron chi connectivity index (χ0n) is 25.1. The third-order valence-corrected chi connectivity index (χ3v) is 12.7. The van der Waals surface area contributed by atoms with E-state index in [1.165, 1.54) is 91.9 Å². The average Bonchev–Trinajstić information content (AvgIpc) is 3.77. The number of anilines is 3. The minimum atomic E-state index is 0.416. The van der Waals surface area contributed by atoms with E-state index in [0.717, 1.165) is 52.4 Å². The van der Waals surface area contributed by atoms with Crippen LogP contribution in [0.3, 0.4) is 0 Å². The predicted molar refractivity (Wildman–Crippen MR) is 176 cm³/mol. The number of para-hydroxylation sites is 2. The Morgan fingerprint density at radius 2 is 1.26 bits per heavy atom. The highest BCUT2D eigenvalue weighted by molar-refractivity contribution is 6.10. The summed E-state index contributed by atoms with van der Waals surface area (Å²) < 4.78 is 6.59. The van der Waals surface area contributed by atoms with Crippen molar-refractivity contribution in [2.75, 3.05) is 4.90 Å². The van der Waals surface area contributed by atoms with Gasteiger partial charge in [-0.25, -0.2) is 0 Å². The fourth-order valence-electron chi connectivity index (χ4n) is 11.3. The van der Waals surface area contributed by atoms with E-state index < -0.39 is 0 Å². The molecule has 6 fully saturated rings. The predicted octanol–water partition coefficient (Wildman–Crippen LogP) is 11.4. The van der Waals surface area contributed by atoms with Gasteiger partial charge in [-0.05, 0) is 146 Å². The van der Waals surface area contributed by atoms with Crippen LogP contribution in [0, 0.1) is 29.6 Å². The van der Waals surface area contributed by atoms with E-state index >= 15 is 0 Å². The smallest absolute Gasteiger partial charge is 0.159 e. The van der Waals surface area contributed by atoms with Crippen molar-refractivity contribution in [1.29, 1.82) is 0 Å². The maximum absolute atomic E-state index is 6.59. The van der Waals surface area contributed by atoms with Crippen LogP contribution in [0.1, 0.15) is 81.3 Å². The van der Waals surface area contributed by atoms with Crippen molar-refractivity contribution < 1.29 is 4.42 Å². The Morgan fingerprint density at radius 1 is 0.581 bits per heavy atom. The van der Waals surface area contributed by atoms with E-state index in [1.807, 2.05) is 0 Å². The van der Waals surface area contributed by atoms with E-state index in [-0.39, 0.29) is 0 Å². The molecule has 3 unspecified atom stereocenters. The first-order valence-corrected chi connectivity index (χ1v) is 17.1. The first-order valence-electron chi connectivity index (χ1n) is 17.1. The van der Waals surface area contributed by atoms with Gasteiger partial charge in [-0.2, -0.15) is 0 Å². The van der Waals surface area contributed by atoms with Crippen molar-refractivity contribution in [2.45, 2.75) is 75.5 Å². The number of fused-ring (bicyclic) bond motifs is 5. The van der Waals surface area contributed by atoms with E-state index in [0.29, 0.717) is 5.41 Å². The molecule has 6 bridgehead atoms. The van der Waals surface area contributed by atoms with Crippen molar-refractivity contribution >= 4 is 39.0 Å². The Bertz CT molecular complexity index is 1790. The van der Waals surface area contributed by atoms with Crippen LogP contribution in [0.4, 0.5) is 17.1 Å². The number of furan rings is 1. The van der Waals surface area contributed by atoms with Crippen molar-refractivity contribution in [3.8, 4) is 0 Å². The van der Waals surface area contributed by atoms with Gasteiger partial charge in [-0.3, -0.25) is 0 Å². The normalized spacial score (nSPS) is 32.3. The van der Waals surface area contributed by atoms with Crippen molar-refractivity contribution in [2.24, 2.45) is 29.6 Å². The topological polar surface area (TPSA) is 16.4 Å². The number of rotatable bonds is 5. The molecule has 0 aliphatic heterocycles. The molecule has 1 aromatic heterocycles. The molecule has 0 amide bonds. The standard InChI is InChI=1S/C41H41NO/c1-2-7-39-35(4-1)36-5-3-6-38(40(36)43-39)42(33-14-10-30(11-15-33)37-22-26-8-9-31(37)21-26)34-16-12-32(13-17-34)41-23-27-18-28(24-41)20-29(19-27)25-41/h1-7,10-17,26-29,31,37H,8-9,18-25H2. The lowest BCUT2D eigenvalue weighted by atomic mass is 9.48. The quantitative estimate of drug-likeness (QED) is 0.211. The molecule has 11 rings (SSSR count). The minimum absolute atomic E-state index is 0.416. The van der Waals surface area contributed by atoms with Crippen LogP contribution < -0.4 is 4.90 Å². The van der Waals surface area contributed by atoms with Gasteiger partial charge in [-0.1, -0.05) is 61.0 Å². The van der Waals surface area contributed by atoms with Crippen molar-refractivity contribution in [1.82, 2.24) is 0 Å². The summed E-state index contributed by atoms with van der Waals surface area (Å²) in [6, 6.07) is 34.5. The van der Waals surface area contributed by atoms with Gasteiger partial charge in [0.25, 0.3) is 0 Å². The second-order valence-corrected chi connectivity index (χ2v) is 15.2. The molecule has 0 saturated heterocycles. The van der Waals surface area contributed by atoms with Crippen molar-refractivity contribution in [3.63, 3.8) is 0 Å². The van der Waals surface area contributed by atoms with Gasteiger partial charge in [-0.15, -0.1) is 0 Å². The highest BCUT2D eigenvalue weighted by atomic mass is 16.3. The summed E-state index contributed by atoms with van der Waals surface area (Å²) in [6.07, 6.45) is 14.4. The SMILES string of the molecule is c1ccc2c(c1)oc1c(N(c3ccc(C4CC5CCC4C5)cc3)c3ccc(C45CC6CC(CC(C6)C4)C5)cc3)cccc12. The Morgan fingerprint density at radius 3 is 1.93 bits per heavy atom. The molecule has 5 aromatic rings. The molecular formula is C41H41NO. The number of benzene rings is 4. The summed E-state index contributed by atoms with van der Waals surface area (Å²) in [4.78, 5) is 2.44. The first-order chi connectivity index (χ1) is 21.2. The Labute approximate surface area is 255 Å². The van der Waals surface area contributed by atoms with Gasteiger partial charge >= 0.3 is 0 Å². The molecule has 6 saturated carbocycles. The molecule has 43 heavy (non-hydrogen) atoms. The van der Waals surface area contributed by atoms with Gasteiger partial charge < -0.3 is 9.32 Å². The zero-order valence-corrected chi connectivity index (χ0v) is 25.1. The maximum atomic E-state index is 6.59. The highest BCUT2D eigenvalue weighted by Crippen LogP contribution is 2.61. The second-order valence-electron chi connectivity index (χ2n) is 15.2. The molecule has 0 N–H and O–H groups in total. The van der Waals surface area contributed by atoms with Gasteiger partial charge in [0, 0.05) is 22.1 Å². The highest BCUT2D eigenvalue weighted by Gasteiger charge is 2.51. The Balaban J connectivity index is 1.07. The van der Waals surface area contributed by atoms with Crippen LogP contribution in [0.15, 0.2) is 95.4 Å². The van der Waals surface area contributed by atoms with Gasteiger partial charge in [0.2, 0.25) is 0 Å². The fraction of sp³-hybridized carbons (Fsp3) is 0.415. The van der Waals surface area contributed by atoms with E-state index in [4.69, 9.17) is 4.42 Å². The summed E-state index contributed by atoms with van der Waals surface area (Å²) >= 11 is 0. The third kappa shape index (κ3) is 3.84. The zero-order chi connectivity index (χ0) is 28.1. The number of hydrogen-bond acceptors (Lipinski definition) is 2. The van der Waals surface area contributed by atoms with Crippen LogP contribution in [0.2, 0.25) is 0 Å². The summed E-state index contributed by atoms with van der Waals surface area (Å²) in [6.45, 7) is 0. The lowest BCUT2D eigenvalue weighted by Crippen LogP contribution is -2.48. The molecule has 3 atom stereocenters. The fourth-order valence-corrected chi connectivity index (χ4v) is 11.3. The van der Waals surface area contributed by atoms with Gasteiger partial charge in [0.1, 0.15) is 5.58 Å². The van der Waals surface area contributed by atoms with Crippen LogP contribution >= 0.6 is 0 Å². The average molecular weight is 564 g/mol. The van der Waals surface area contributed by atoms with Gasteiger partial charge in [0.05, 0.1) is 5.69 Å². The molecular weight excluding hydrogens is 522 g/mol. The molecule has 6 aliphatic carbocycles. The third-order valence-electron chi connectivity index (χ3n) is 12.7. The molecule has 0 radical (unpaired) electrons. The Hall–Kier alpha value is -3.52. The van der Waals surface area contributed by atoms with Crippen LogP contribution in [-0.2, 0) is 5.41 Å². The number of nitrogens with zero attached hydrogens (tertiary/aromatic N) is 1. The van der Waals surface area contributed by atoms with Gasteiger partial charge in [0.15, 0.2) is 5.58 Å². The lowest BCUT2D eigenvalue weighted by Gasteiger charge is -2.57. The summed E-state index contributed by atoms with van der Waals surface area (Å²) in [5, 5.41) is 2.37. The van der Waals surface area contributed by atoms with Crippen LogP contribution in [0.5, 0.6) is 0 Å². The summed E-state index contributed by atoms with van der Waals surface area (Å²) in [7, 11) is 0. The first kappa shape index (κ1) is 24.9. The van der Waals surface area contributed by atoms with Crippen LogP contribution in [-0.4, -0.2) is 0 Å². The van der Waals surface area contributed by atoms with E-state index in [2.05, 4.69) is 95.9 Å². The molecule has 1 heterocycles. The molecule has 2 heteroatoms. The monoisotopic (exact) mass is 563 g/mol. The summed E-state index contributed by atoms with van der Waals surface area (Å²) in [5.41, 5.74) is 9.00. The Kier molecular flexibility index (Phi) is 5.35. The minimum Gasteiger partial charge on any atom is -0.454 e. The largest absolute Gasteiger partial charge is 0.454 e. The molecule has 4 aromatic carbocycles. The van der Waals surface area contributed by atoms with Crippen molar-refractivity contribution in [3.05, 3.63) is 102 Å². The molecule has 6 aliphatic rings. The van der Waals surface area contributed by atoms with Crippen LogP contribution in [0.25, 0.3) is 21.9 Å². The van der Waals surface area contributed by atoms with E-state index in [1.54, 1.807) is 5.56 Å². The lowest BCUT2D eigenvalue weighted by molar-refractivity contribution is -0.00518. The van der Waals surface area contributed by atoms with E-state index in [9.17, 15) is 0 Å². The molecule has 216 valence electrons. The molecule has 0 spiro atoms.